The van der Waals surface area contributed by atoms with E-state index in [9.17, 15) is 9.90 Å². The van der Waals surface area contributed by atoms with Crippen LogP contribution in [0.1, 0.15) is 6.92 Å². The molecule has 4 nitrogen and oxygen atoms in total. The minimum Gasteiger partial charge on any atom is -0.467 e. The van der Waals surface area contributed by atoms with Crippen LogP contribution in [-0.4, -0.2) is 49.0 Å². The van der Waals surface area contributed by atoms with Crippen molar-refractivity contribution in [1.82, 2.24) is 0 Å². The summed E-state index contributed by atoms with van der Waals surface area (Å²) < 4.78 is 9.26. The zero-order chi connectivity index (χ0) is 10.3. The van der Waals surface area contributed by atoms with Gasteiger partial charge in [0.2, 0.25) is 0 Å². The van der Waals surface area contributed by atoms with Crippen LogP contribution in [0.2, 0.25) is 0 Å². The summed E-state index contributed by atoms with van der Waals surface area (Å²) in [4.78, 5) is 11.0. The van der Waals surface area contributed by atoms with Crippen molar-refractivity contribution in [2.24, 2.45) is 0 Å². The van der Waals surface area contributed by atoms with Gasteiger partial charge < -0.3 is 14.6 Å². The van der Waals surface area contributed by atoms with E-state index >= 15 is 0 Å². The van der Waals surface area contributed by atoms with Crippen LogP contribution in [0.4, 0.5) is 0 Å². The molecule has 0 heterocycles. The highest BCUT2D eigenvalue weighted by Crippen LogP contribution is 2.14. The molecular weight excluding hydrogens is 192 g/mol. The Bertz CT molecular complexity index is 158. The first-order valence-electron chi connectivity index (χ1n) is 3.92. The fraction of sp³-hybridized carbons (Fsp3) is 0.875. The molecule has 1 N–H and O–H groups in total. The molecule has 0 rings (SSSR count). The zero-order valence-corrected chi connectivity index (χ0v) is 9.02. The van der Waals surface area contributed by atoms with E-state index in [1.807, 2.05) is 0 Å². The molecule has 1 unspecified atom stereocenters. The van der Waals surface area contributed by atoms with Gasteiger partial charge in [0.1, 0.15) is 0 Å². The lowest BCUT2D eigenvalue weighted by Crippen LogP contribution is -2.38. The molecular formula is C8H16O4S. The Morgan fingerprint density at radius 2 is 2.15 bits per heavy atom. The van der Waals surface area contributed by atoms with Crippen molar-refractivity contribution in [3.05, 3.63) is 0 Å². The van der Waals surface area contributed by atoms with Crippen LogP contribution in [0.25, 0.3) is 0 Å². The molecule has 0 spiro atoms. The normalized spacial score (nSPS) is 15.1. The second kappa shape index (κ2) is 6.23. The zero-order valence-electron chi connectivity index (χ0n) is 8.20. The highest BCUT2D eigenvalue weighted by atomic mass is 32.2. The number of methoxy groups -OCH3 is 2. The lowest BCUT2D eigenvalue weighted by molar-refractivity contribution is -0.158. The van der Waals surface area contributed by atoms with E-state index in [0.29, 0.717) is 12.4 Å². The predicted molar refractivity (Wildman–Crippen MR) is 51.8 cm³/mol. The molecule has 0 aromatic rings. The largest absolute Gasteiger partial charge is 0.467 e. The fourth-order valence-corrected chi connectivity index (χ4v) is 1.64. The molecule has 0 saturated heterocycles. The first-order valence-corrected chi connectivity index (χ1v) is 5.07. The molecule has 0 bridgehead atoms. The third kappa shape index (κ3) is 5.13. The smallest absolute Gasteiger partial charge is 0.338 e. The van der Waals surface area contributed by atoms with Gasteiger partial charge in [0.05, 0.1) is 13.7 Å². The van der Waals surface area contributed by atoms with Crippen LogP contribution in [0.5, 0.6) is 0 Å². The Labute approximate surface area is 82.6 Å². The van der Waals surface area contributed by atoms with Crippen molar-refractivity contribution < 1.29 is 19.4 Å². The Balaban J connectivity index is 3.69. The van der Waals surface area contributed by atoms with Gasteiger partial charge in [-0.3, -0.25) is 0 Å². The molecule has 13 heavy (non-hydrogen) atoms. The Morgan fingerprint density at radius 3 is 2.62 bits per heavy atom. The van der Waals surface area contributed by atoms with E-state index in [1.54, 1.807) is 7.11 Å². The number of carbonyl (C=O) groups excluding carboxylic acids is 1. The van der Waals surface area contributed by atoms with E-state index in [1.165, 1.54) is 25.8 Å². The number of ether oxygens (including phenoxy) is 2. The molecule has 1 atom stereocenters. The van der Waals surface area contributed by atoms with Gasteiger partial charge in [0, 0.05) is 18.6 Å². The number of aliphatic hydroxyl groups is 1. The predicted octanol–water partition coefficient (Wildman–Crippen LogP) is 0.290. The Hall–Kier alpha value is -0.260. The quantitative estimate of drug-likeness (QED) is 0.502. The van der Waals surface area contributed by atoms with Gasteiger partial charge in [-0.2, -0.15) is 11.8 Å². The summed E-state index contributed by atoms with van der Waals surface area (Å²) >= 11 is 1.45. The second-order valence-electron chi connectivity index (χ2n) is 2.81. The van der Waals surface area contributed by atoms with Crippen LogP contribution in [0.3, 0.4) is 0 Å². The summed E-state index contributed by atoms with van der Waals surface area (Å²) in [5, 5.41) is 9.55. The lowest BCUT2D eigenvalue weighted by Gasteiger charge is -2.19. The molecule has 0 amide bonds. The average molecular weight is 208 g/mol. The molecule has 78 valence electrons. The maximum atomic E-state index is 11.0. The van der Waals surface area contributed by atoms with Crippen molar-refractivity contribution in [2.75, 3.05) is 32.3 Å². The summed E-state index contributed by atoms with van der Waals surface area (Å²) in [6.07, 6.45) is 0. The third-order valence-electron chi connectivity index (χ3n) is 1.44. The van der Waals surface area contributed by atoms with Gasteiger partial charge in [-0.05, 0) is 6.92 Å². The standard InChI is InChI=1S/C8H16O4S/c1-8(10,7(9)12-3)6-13-5-4-11-2/h10H,4-6H2,1-3H3. The monoisotopic (exact) mass is 208 g/mol. The van der Waals surface area contributed by atoms with Crippen molar-refractivity contribution in [2.45, 2.75) is 12.5 Å². The van der Waals surface area contributed by atoms with Gasteiger partial charge in [-0.1, -0.05) is 0 Å². The van der Waals surface area contributed by atoms with E-state index in [-0.39, 0.29) is 0 Å². The van der Waals surface area contributed by atoms with Gasteiger partial charge in [-0.15, -0.1) is 0 Å². The molecule has 0 aromatic heterocycles. The summed E-state index contributed by atoms with van der Waals surface area (Å²) in [5.41, 5.74) is -1.40. The summed E-state index contributed by atoms with van der Waals surface area (Å²) in [6.45, 7) is 2.06. The highest BCUT2D eigenvalue weighted by molar-refractivity contribution is 7.99. The molecule has 0 aliphatic rings. The first kappa shape index (κ1) is 12.7. The number of carbonyl (C=O) groups is 1. The number of rotatable bonds is 6. The molecule has 0 aromatic carbocycles. The number of esters is 1. The molecule has 5 heteroatoms. The minimum atomic E-state index is -1.40. The van der Waals surface area contributed by atoms with Gasteiger partial charge in [0.15, 0.2) is 5.60 Å². The SMILES string of the molecule is COCCSCC(C)(O)C(=O)OC. The lowest BCUT2D eigenvalue weighted by atomic mass is 10.1. The average Bonchev–Trinajstić information content (AvgIpc) is 2.11. The molecule has 0 saturated carbocycles. The van der Waals surface area contributed by atoms with Crippen molar-refractivity contribution in [3.63, 3.8) is 0 Å². The second-order valence-corrected chi connectivity index (χ2v) is 3.92. The molecule has 0 fully saturated rings. The van der Waals surface area contributed by atoms with Crippen LogP contribution >= 0.6 is 11.8 Å². The third-order valence-corrected chi connectivity index (χ3v) is 2.66. The fourth-order valence-electron chi connectivity index (χ4n) is 0.692. The number of hydrogen-bond acceptors (Lipinski definition) is 5. The van der Waals surface area contributed by atoms with Crippen LogP contribution < -0.4 is 0 Å². The first-order chi connectivity index (χ1) is 6.04. The van der Waals surface area contributed by atoms with Crippen LogP contribution in [0.15, 0.2) is 0 Å². The van der Waals surface area contributed by atoms with E-state index in [0.717, 1.165) is 5.75 Å². The summed E-state index contributed by atoms with van der Waals surface area (Å²) in [6, 6.07) is 0. The Morgan fingerprint density at radius 1 is 1.54 bits per heavy atom. The highest BCUT2D eigenvalue weighted by Gasteiger charge is 2.30. The van der Waals surface area contributed by atoms with E-state index in [2.05, 4.69) is 4.74 Å². The molecule has 0 radical (unpaired) electrons. The minimum absolute atomic E-state index is 0.322. The van der Waals surface area contributed by atoms with Gasteiger partial charge >= 0.3 is 5.97 Å². The number of hydrogen-bond donors (Lipinski definition) is 1. The molecule has 0 aliphatic heterocycles. The van der Waals surface area contributed by atoms with Gasteiger partial charge in [0.25, 0.3) is 0 Å². The van der Waals surface area contributed by atoms with Crippen LogP contribution in [-0.2, 0) is 14.3 Å². The Kier molecular flexibility index (Phi) is 6.11. The maximum absolute atomic E-state index is 11.0. The summed E-state index contributed by atoms with van der Waals surface area (Å²) in [5.74, 6) is 0.476. The number of thioether (sulfide) groups is 1. The van der Waals surface area contributed by atoms with Gasteiger partial charge in [-0.25, -0.2) is 4.79 Å². The van der Waals surface area contributed by atoms with Crippen molar-refractivity contribution >= 4 is 17.7 Å². The van der Waals surface area contributed by atoms with Crippen LogP contribution in [0, 0.1) is 0 Å². The summed E-state index contributed by atoms with van der Waals surface area (Å²) in [7, 11) is 2.87. The van der Waals surface area contributed by atoms with E-state index < -0.39 is 11.6 Å². The maximum Gasteiger partial charge on any atom is 0.338 e. The molecule has 0 aliphatic carbocycles. The van der Waals surface area contributed by atoms with Crippen molar-refractivity contribution in [1.29, 1.82) is 0 Å². The van der Waals surface area contributed by atoms with Crippen molar-refractivity contribution in [3.8, 4) is 0 Å². The van der Waals surface area contributed by atoms with E-state index in [4.69, 9.17) is 4.74 Å². The topological polar surface area (TPSA) is 55.8 Å².